The van der Waals surface area contributed by atoms with Crippen LogP contribution in [0.1, 0.15) is 37.6 Å². The Hall–Kier alpha value is -0.380. The van der Waals surface area contributed by atoms with Gasteiger partial charge < -0.3 is 10.1 Å². The molecule has 1 saturated heterocycles. The number of thiophene rings is 1. The fourth-order valence-corrected chi connectivity index (χ4v) is 2.87. The van der Waals surface area contributed by atoms with Crippen LogP contribution in [0.3, 0.4) is 0 Å². The van der Waals surface area contributed by atoms with E-state index in [4.69, 9.17) is 4.74 Å². The quantitative estimate of drug-likeness (QED) is 0.854. The third kappa shape index (κ3) is 3.03. The smallest absolute Gasteiger partial charge is 0.0561 e. The van der Waals surface area contributed by atoms with E-state index in [2.05, 4.69) is 36.7 Å². The van der Waals surface area contributed by atoms with Crippen molar-refractivity contribution < 1.29 is 4.74 Å². The van der Waals surface area contributed by atoms with E-state index in [1.165, 1.54) is 4.88 Å². The third-order valence-electron chi connectivity index (χ3n) is 2.94. The number of nitrogens with one attached hydrogen (secondary N) is 1. The largest absolute Gasteiger partial charge is 0.378 e. The Morgan fingerprint density at radius 1 is 1.60 bits per heavy atom. The molecule has 3 heteroatoms. The highest BCUT2D eigenvalue weighted by atomic mass is 32.1. The summed E-state index contributed by atoms with van der Waals surface area (Å²) < 4.78 is 5.54. The molecule has 0 aliphatic carbocycles. The van der Waals surface area contributed by atoms with E-state index in [0.29, 0.717) is 18.2 Å². The Morgan fingerprint density at radius 2 is 2.47 bits per heavy atom. The zero-order valence-electron chi connectivity index (χ0n) is 9.40. The molecule has 2 nitrogen and oxygen atoms in total. The maximum atomic E-state index is 5.54. The molecule has 0 aromatic carbocycles. The highest BCUT2D eigenvalue weighted by Crippen LogP contribution is 2.21. The summed E-state index contributed by atoms with van der Waals surface area (Å²) in [6.07, 6.45) is 2.68. The summed E-state index contributed by atoms with van der Waals surface area (Å²) in [6, 6.07) is 5.40. The average molecular weight is 225 g/mol. The average Bonchev–Trinajstić information content (AvgIpc) is 2.70. The van der Waals surface area contributed by atoms with E-state index >= 15 is 0 Å². The minimum atomic E-state index is 0.409. The number of ether oxygens (including phenoxy) is 1. The van der Waals surface area contributed by atoms with Crippen LogP contribution in [0.5, 0.6) is 0 Å². The summed E-state index contributed by atoms with van der Waals surface area (Å²) in [5, 5.41) is 5.82. The van der Waals surface area contributed by atoms with Gasteiger partial charge in [-0.05, 0) is 38.1 Å². The SMILES string of the molecule is CC1CC(N[C@H](C)c2cccs2)CCO1. The zero-order valence-corrected chi connectivity index (χ0v) is 10.2. The molecule has 0 spiro atoms. The van der Waals surface area contributed by atoms with E-state index < -0.39 is 0 Å². The second-order valence-corrected chi connectivity index (χ2v) is 5.29. The molecular formula is C12H19NOS. The molecule has 1 aliphatic rings. The van der Waals surface area contributed by atoms with Crippen molar-refractivity contribution >= 4 is 11.3 Å². The summed E-state index contributed by atoms with van der Waals surface area (Å²) in [5.41, 5.74) is 0. The molecule has 1 N–H and O–H groups in total. The predicted octanol–water partition coefficient (Wildman–Crippen LogP) is 2.97. The van der Waals surface area contributed by atoms with Gasteiger partial charge in [-0.3, -0.25) is 0 Å². The van der Waals surface area contributed by atoms with Crippen molar-refractivity contribution in [2.45, 2.75) is 44.9 Å². The third-order valence-corrected chi connectivity index (χ3v) is 4.00. The van der Waals surface area contributed by atoms with Crippen LogP contribution in [0.25, 0.3) is 0 Å². The van der Waals surface area contributed by atoms with Gasteiger partial charge in [0.25, 0.3) is 0 Å². The Balaban J connectivity index is 1.86. The molecule has 1 fully saturated rings. The first-order valence-electron chi connectivity index (χ1n) is 5.67. The highest BCUT2D eigenvalue weighted by Gasteiger charge is 2.21. The normalized spacial score (nSPS) is 28.9. The van der Waals surface area contributed by atoms with Crippen molar-refractivity contribution in [3.8, 4) is 0 Å². The van der Waals surface area contributed by atoms with Crippen LogP contribution in [0, 0.1) is 0 Å². The number of rotatable bonds is 3. The molecule has 3 atom stereocenters. The molecule has 84 valence electrons. The van der Waals surface area contributed by atoms with Crippen LogP contribution >= 0.6 is 11.3 Å². The Labute approximate surface area is 95.6 Å². The summed E-state index contributed by atoms with van der Waals surface area (Å²) in [6.45, 7) is 5.30. The van der Waals surface area contributed by atoms with E-state index in [1.807, 2.05) is 11.3 Å². The Kier molecular flexibility index (Phi) is 3.78. The van der Waals surface area contributed by atoms with Crippen molar-refractivity contribution in [3.05, 3.63) is 22.4 Å². The molecule has 2 heterocycles. The van der Waals surface area contributed by atoms with Crippen LogP contribution in [0.4, 0.5) is 0 Å². The number of hydrogen-bond acceptors (Lipinski definition) is 3. The first-order chi connectivity index (χ1) is 7.25. The van der Waals surface area contributed by atoms with Crippen LogP contribution < -0.4 is 5.32 Å². The second-order valence-electron chi connectivity index (χ2n) is 4.31. The minimum absolute atomic E-state index is 0.409. The summed E-state index contributed by atoms with van der Waals surface area (Å²) in [7, 11) is 0. The zero-order chi connectivity index (χ0) is 10.7. The standard InChI is InChI=1S/C12H19NOS/c1-9-8-11(5-6-14-9)13-10(2)12-4-3-7-15-12/h3-4,7,9-11,13H,5-6,8H2,1-2H3/t9?,10-,11?/m1/s1. The molecule has 2 unspecified atom stereocenters. The van der Waals surface area contributed by atoms with E-state index in [0.717, 1.165) is 19.4 Å². The molecule has 15 heavy (non-hydrogen) atoms. The highest BCUT2D eigenvalue weighted by molar-refractivity contribution is 7.10. The lowest BCUT2D eigenvalue weighted by molar-refractivity contribution is 0.0116. The molecule has 0 radical (unpaired) electrons. The maximum Gasteiger partial charge on any atom is 0.0561 e. The molecule has 1 aromatic rings. The van der Waals surface area contributed by atoms with E-state index in [1.54, 1.807) is 0 Å². The van der Waals surface area contributed by atoms with Crippen molar-refractivity contribution in [2.75, 3.05) is 6.61 Å². The Morgan fingerprint density at radius 3 is 3.13 bits per heavy atom. The molecule has 2 rings (SSSR count). The topological polar surface area (TPSA) is 21.3 Å². The number of hydrogen-bond donors (Lipinski definition) is 1. The second kappa shape index (κ2) is 5.10. The van der Waals surface area contributed by atoms with Gasteiger partial charge in [-0.2, -0.15) is 0 Å². The Bertz CT molecular complexity index is 286. The van der Waals surface area contributed by atoms with Gasteiger partial charge in [-0.15, -0.1) is 11.3 Å². The molecular weight excluding hydrogens is 206 g/mol. The van der Waals surface area contributed by atoms with Crippen LogP contribution in [0.2, 0.25) is 0 Å². The van der Waals surface area contributed by atoms with E-state index in [-0.39, 0.29) is 0 Å². The molecule has 1 aromatic heterocycles. The molecule has 0 saturated carbocycles. The predicted molar refractivity (Wildman–Crippen MR) is 64.3 cm³/mol. The van der Waals surface area contributed by atoms with Crippen LogP contribution in [-0.4, -0.2) is 18.8 Å². The summed E-state index contributed by atoms with van der Waals surface area (Å²) in [5.74, 6) is 0. The molecule has 0 amide bonds. The van der Waals surface area contributed by atoms with Gasteiger partial charge in [-0.25, -0.2) is 0 Å². The van der Waals surface area contributed by atoms with Gasteiger partial charge in [0.1, 0.15) is 0 Å². The van der Waals surface area contributed by atoms with Crippen molar-refractivity contribution in [2.24, 2.45) is 0 Å². The van der Waals surface area contributed by atoms with Gasteiger partial charge in [0.15, 0.2) is 0 Å². The molecule has 1 aliphatic heterocycles. The van der Waals surface area contributed by atoms with Gasteiger partial charge in [-0.1, -0.05) is 6.07 Å². The van der Waals surface area contributed by atoms with Crippen LogP contribution in [-0.2, 0) is 4.74 Å². The van der Waals surface area contributed by atoms with Crippen molar-refractivity contribution in [3.63, 3.8) is 0 Å². The first kappa shape index (κ1) is 11.1. The monoisotopic (exact) mass is 225 g/mol. The fourth-order valence-electron chi connectivity index (χ4n) is 2.12. The van der Waals surface area contributed by atoms with Gasteiger partial charge in [0.2, 0.25) is 0 Å². The molecule has 0 bridgehead atoms. The summed E-state index contributed by atoms with van der Waals surface area (Å²) in [4.78, 5) is 1.43. The van der Waals surface area contributed by atoms with Crippen molar-refractivity contribution in [1.82, 2.24) is 5.32 Å². The van der Waals surface area contributed by atoms with Gasteiger partial charge in [0.05, 0.1) is 6.10 Å². The lowest BCUT2D eigenvalue weighted by Crippen LogP contribution is -2.39. The van der Waals surface area contributed by atoms with Crippen molar-refractivity contribution in [1.29, 1.82) is 0 Å². The fraction of sp³-hybridized carbons (Fsp3) is 0.667. The lowest BCUT2D eigenvalue weighted by atomic mass is 10.0. The van der Waals surface area contributed by atoms with Crippen LogP contribution in [0.15, 0.2) is 17.5 Å². The minimum Gasteiger partial charge on any atom is -0.378 e. The lowest BCUT2D eigenvalue weighted by Gasteiger charge is -2.30. The first-order valence-corrected chi connectivity index (χ1v) is 6.54. The van der Waals surface area contributed by atoms with Gasteiger partial charge in [0, 0.05) is 23.6 Å². The van der Waals surface area contributed by atoms with E-state index in [9.17, 15) is 0 Å². The summed E-state index contributed by atoms with van der Waals surface area (Å²) >= 11 is 1.83. The maximum absolute atomic E-state index is 5.54. The van der Waals surface area contributed by atoms with Gasteiger partial charge >= 0.3 is 0 Å².